The standard InChI is InChI=1S/C28H31F2N3O4S/c1-20(2)31-28(35)26(16-21-8-5-4-6-9-21)32(18-22-12-14-23(29)15-13-22)27(34)19-33(38(3,36)37)25-11-7-10-24(30)17-25/h4-15,17,20,26H,16,18-19H2,1-3H3,(H,31,35)/t26-/m1/s1. The lowest BCUT2D eigenvalue weighted by Gasteiger charge is -2.34. The second kappa shape index (κ2) is 12.6. The largest absolute Gasteiger partial charge is 0.352 e. The van der Waals surface area contributed by atoms with Gasteiger partial charge in [-0.2, -0.15) is 0 Å². The van der Waals surface area contributed by atoms with E-state index in [1.165, 1.54) is 47.4 Å². The van der Waals surface area contributed by atoms with Crippen molar-refractivity contribution < 1.29 is 26.8 Å². The van der Waals surface area contributed by atoms with Gasteiger partial charge in [-0.25, -0.2) is 17.2 Å². The number of halogens is 2. The number of nitrogens with one attached hydrogen (secondary N) is 1. The van der Waals surface area contributed by atoms with Gasteiger partial charge in [-0.05, 0) is 55.3 Å². The molecule has 1 atom stereocenters. The first-order valence-corrected chi connectivity index (χ1v) is 13.9. The van der Waals surface area contributed by atoms with Crippen LogP contribution in [0.5, 0.6) is 0 Å². The Kier molecular flexibility index (Phi) is 9.57. The molecule has 3 aromatic carbocycles. The normalized spacial score (nSPS) is 12.2. The minimum absolute atomic E-state index is 0.0196. The fourth-order valence-corrected chi connectivity index (χ4v) is 4.81. The summed E-state index contributed by atoms with van der Waals surface area (Å²) in [6, 6.07) is 18.3. The summed E-state index contributed by atoms with van der Waals surface area (Å²) >= 11 is 0. The van der Waals surface area contributed by atoms with Crippen molar-refractivity contribution >= 4 is 27.5 Å². The molecule has 0 aliphatic heterocycles. The fraction of sp³-hybridized carbons (Fsp3) is 0.286. The predicted molar refractivity (Wildman–Crippen MR) is 143 cm³/mol. The summed E-state index contributed by atoms with van der Waals surface area (Å²) in [5.74, 6) is -2.22. The summed E-state index contributed by atoms with van der Waals surface area (Å²) in [5, 5.41) is 2.84. The maximum Gasteiger partial charge on any atom is 0.244 e. The van der Waals surface area contributed by atoms with Crippen molar-refractivity contribution in [2.45, 2.75) is 38.9 Å². The van der Waals surface area contributed by atoms with Gasteiger partial charge >= 0.3 is 0 Å². The molecule has 0 bridgehead atoms. The summed E-state index contributed by atoms with van der Waals surface area (Å²) in [6.45, 7) is 2.84. The molecule has 0 aromatic heterocycles. The molecule has 3 rings (SSSR count). The molecule has 0 spiro atoms. The van der Waals surface area contributed by atoms with E-state index in [0.29, 0.717) is 5.56 Å². The topological polar surface area (TPSA) is 86.8 Å². The van der Waals surface area contributed by atoms with E-state index in [1.807, 2.05) is 30.3 Å². The lowest BCUT2D eigenvalue weighted by Crippen LogP contribution is -2.54. The van der Waals surface area contributed by atoms with Gasteiger partial charge in [-0.3, -0.25) is 13.9 Å². The van der Waals surface area contributed by atoms with Crippen LogP contribution in [0, 0.1) is 11.6 Å². The molecule has 0 aliphatic rings. The van der Waals surface area contributed by atoms with Gasteiger partial charge in [0.1, 0.15) is 24.2 Å². The number of carbonyl (C=O) groups excluding carboxylic acids is 2. The first-order valence-electron chi connectivity index (χ1n) is 12.1. The van der Waals surface area contributed by atoms with Crippen molar-refractivity contribution in [3.8, 4) is 0 Å². The molecule has 38 heavy (non-hydrogen) atoms. The number of rotatable bonds is 11. The second-order valence-electron chi connectivity index (χ2n) is 9.27. The van der Waals surface area contributed by atoms with Crippen molar-refractivity contribution in [3.05, 3.63) is 102 Å². The van der Waals surface area contributed by atoms with Crippen molar-refractivity contribution in [1.29, 1.82) is 0 Å². The fourth-order valence-electron chi connectivity index (χ4n) is 3.97. The minimum atomic E-state index is -4.00. The highest BCUT2D eigenvalue weighted by molar-refractivity contribution is 7.92. The van der Waals surface area contributed by atoms with Crippen LogP contribution < -0.4 is 9.62 Å². The van der Waals surface area contributed by atoms with Crippen LogP contribution in [0.15, 0.2) is 78.9 Å². The van der Waals surface area contributed by atoms with E-state index in [9.17, 15) is 26.8 Å². The summed E-state index contributed by atoms with van der Waals surface area (Å²) in [4.78, 5) is 28.5. The Labute approximate surface area is 222 Å². The molecule has 7 nitrogen and oxygen atoms in total. The molecule has 3 aromatic rings. The highest BCUT2D eigenvalue weighted by Gasteiger charge is 2.33. The van der Waals surface area contributed by atoms with E-state index in [0.717, 1.165) is 22.2 Å². The molecule has 0 saturated carbocycles. The number of benzene rings is 3. The lowest BCUT2D eigenvalue weighted by atomic mass is 10.0. The van der Waals surface area contributed by atoms with Crippen LogP contribution in [0.3, 0.4) is 0 Å². The summed E-state index contributed by atoms with van der Waals surface area (Å²) in [5.41, 5.74) is 1.32. The van der Waals surface area contributed by atoms with Crippen LogP contribution in [-0.4, -0.2) is 50.0 Å². The number of carbonyl (C=O) groups is 2. The maximum absolute atomic E-state index is 13.9. The molecule has 2 amide bonds. The van der Waals surface area contributed by atoms with Gasteiger partial charge in [-0.15, -0.1) is 0 Å². The SMILES string of the molecule is CC(C)NC(=O)[C@@H](Cc1ccccc1)N(Cc1ccc(F)cc1)C(=O)CN(c1cccc(F)c1)S(C)(=O)=O. The zero-order valence-corrected chi connectivity index (χ0v) is 22.3. The smallest absolute Gasteiger partial charge is 0.244 e. The maximum atomic E-state index is 13.9. The molecular formula is C28H31F2N3O4S. The average molecular weight is 544 g/mol. The van der Waals surface area contributed by atoms with Crippen LogP contribution in [-0.2, 0) is 32.6 Å². The Morgan fingerprint density at radius 1 is 0.868 bits per heavy atom. The van der Waals surface area contributed by atoms with Gasteiger partial charge in [0.2, 0.25) is 21.8 Å². The van der Waals surface area contributed by atoms with E-state index in [-0.39, 0.29) is 24.7 Å². The third-order valence-electron chi connectivity index (χ3n) is 5.74. The number of anilines is 1. The van der Waals surface area contributed by atoms with E-state index >= 15 is 0 Å². The van der Waals surface area contributed by atoms with Crippen LogP contribution in [0.1, 0.15) is 25.0 Å². The molecule has 0 aliphatic carbocycles. The first-order chi connectivity index (χ1) is 17.9. The van der Waals surface area contributed by atoms with E-state index in [1.54, 1.807) is 13.8 Å². The second-order valence-corrected chi connectivity index (χ2v) is 11.2. The summed E-state index contributed by atoms with van der Waals surface area (Å²) in [6.07, 6.45) is 1.08. The van der Waals surface area contributed by atoms with Gasteiger partial charge in [0.15, 0.2) is 0 Å². The Morgan fingerprint density at radius 3 is 2.11 bits per heavy atom. The lowest BCUT2D eigenvalue weighted by molar-refractivity contribution is -0.140. The monoisotopic (exact) mass is 543 g/mol. The average Bonchev–Trinajstić information content (AvgIpc) is 2.85. The number of hydrogen-bond acceptors (Lipinski definition) is 4. The predicted octanol–water partition coefficient (Wildman–Crippen LogP) is 3.90. The molecule has 0 saturated heterocycles. The first kappa shape index (κ1) is 28.8. The van der Waals surface area contributed by atoms with Gasteiger partial charge in [0, 0.05) is 19.0 Å². The Morgan fingerprint density at radius 2 is 1.53 bits per heavy atom. The third-order valence-corrected chi connectivity index (χ3v) is 6.88. The van der Waals surface area contributed by atoms with Crippen molar-refractivity contribution in [1.82, 2.24) is 10.2 Å². The van der Waals surface area contributed by atoms with Crippen molar-refractivity contribution in [2.24, 2.45) is 0 Å². The molecule has 0 fully saturated rings. The van der Waals surface area contributed by atoms with Crippen LogP contribution in [0.4, 0.5) is 14.5 Å². The summed E-state index contributed by atoms with van der Waals surface area (Å²) < 4.78 is 53.6. The van der Waals surface area contributed by atoms with Crippen molar-refractivity contribution in [3.63, 3.8) is 0 Å². The van der Waals surface area contributed by atoms with E-state index in [2.05, 4.69) is 5.32 Å². The Hall–Kier alpha value is -3.79. The number of nitrogens with zero attached hydrogens (tertiary/aromatic N) is 2. The Balaban J connectivity index is 2.05. The molecule has 0 unspecified atom stereocenters. The quantitative estimate of drug-likeness (QED) is 0.398. The zero-order chi connectivity index (χ0) is 27.9. The van der Waals surface area contributed by atoms with E-state index < -0.39 is 46.1 Å². The van der Waals surface area contributed by atoms with Crippen LogP contribution >= 0.6 is 0 Å². The van der Waals surface area contributed by atoms with Gasteiger partial charge in [0.25, 0.3) is 0 Å². The molecule has 0 heterocycles. The Bertz CT molecular complexity index is 1350. The minimum Gasteiger partial charge on any atom is -0.352 e. The molecule has 202 valence electrons. The molecular weight excluding hydrogens is 512 g/mol. The number of amides is 2. The molecule has 10 heteroatoms. The zero-order valence-electron chi connectivity index (χ0n) is 21.5. The van der Waals surface area contributed by atoms with E-state index in [4.69, 9.17) is 0 Å². The summed E-state index contributed by atoms with van der Waals surface area (Å²) in [7, 11) is -4.00. The number of hydrogen-bond donors (Lipinski definition) is 1. The third kappa shape index (κ3) is 8.11. The van der Waals surface area contributed by atoms with Crippen LogP contribution in [0.25, 0.3) is 0 Å². The molecule has 0 radical (unpaired) electrons. The molecule has 1 N–H and O–H groups in total. The van der Waals surface area contributed by atoms with Gasteiger partial charge in [-0.1, -0.05) is 48.5 Å². The highest BCUT2D eigenvalue weighted by Crippen LogP contribution is 2.21. The van der Waals surface area contributed by atoms with Gasteiger partial charge in [0.05, 0.1) is 11.9 Å². The van der Waals surface area contributed by atoms with Crippen LogP contribution in [0.2, 0.25) is 0 Å². The number of sulfonamides is 1. The highest BCUT2D eigenvalue weighted by atomic mass is 32.2. The van der Waals surface area contributed by atoms with Gasteiger partial charge < -0.3 is 10.2 Å². The van der Waals surface area contributed by atoms with Crippen molar-refractivity contribution in [2.75, 3.05) is 17.1 Å².